The third-order valence-electron chi connectivity index (χ3n) is 2.53. The van der Waals surface area contributed by atoms with Gasteiger partial charge in [0.25, 0.3) is 20.0 Å². The van der Waals surface area contributed by atoms with Gasteiger partial charge in [0.05, 0.1) is 9.79 Å². The Morgan fingerprint density at radius 1 is 0.762 bits per heavy atom. The molecule has 6 nitrogen and oxygen atoms in total. The predicted molar refractivity (Wildman–Crippen MR) is 79.8 cm³/mol. The van der Waals surface area contributed by atoms with Gasteiger partial charge in [-0.2, -0.15) is 0 Å². The molecule has 0 radical (unpaired) electrons. The number of nitrogen functional groups attached to an aromatic ring is 1. The van der Waals surface area contributed by atoms with Crippen molar-refractivity contribution in [3.8, 4) is 0 Å². The molecule has 0 amide bonds. The highest BCUT2D eigenvalue weighted by Crippen LogP contribution is 2.17. The van der Waals surface area contributed by atoms with Crippen LogP contribution >= 0.6 is 11.6 Å². The minimum Gasteiger partial charge on any atom is -0.399 e. The van der Waals surface area contributed by atoms with Crippen molar-refractivity contribution in [1.82, 2.24) is 4.13 Å². The van der Waals surface area contributed by atoms with E-state index in [1.807, 2.05) is 0 Å². The molecule has 0 aliphatic carbocycles. The van der Waals surface area contributed by atoms with Crippen LogP contribution in [0.4, 0.5) is 5.69 Å². The zero-order chi connectivity index (χ0) is 15.7. The van der Waals surface area contributed by atoms with Crippen molar-refractivity contribution in [2.45, 2.75) is 9.79 Å². The fraction of sp³-hybridized carbons (Fsp3) is 0. The fourth-order valence-electron chi connectivity index (χ4n) is 1.50. The van der Waals surface area contributed by atoms with E-state index in [2.05, 4.69) is 0 Å². The minimum absolute atomic E-state index is 0.200. The van der Waals surface area contributed by atoms with E-state index in [4.69, 9.17) is 17.3 Å². The first-order valence-electron chi connectivity index (χ1n) is 5.60. The van der Waals surface area contributed by atoms with Gasteiger partial charge in [0.1, 0.15) is 0 Å². The Kier molecular flexibility index (Phi) is 4.24. The Labute approximate surface area is 127 Å². The van der Waals surface area contributed by atoms with Crippen LogP contribution < -0.4 is 9.86 Å². The van der Waals surface area contributed by atoms with Gasteiger partial charge in [0, 0.05) is 10.7 Å². The van der Waals surface area contributed by atoms with E-state index in [0.717, 1.165) is 0 Å². The highest BCUT2D eigenvalue weighted by molar-refractivity contribution is 8.04. The van der Waals surface area contributed by atoms with Crippen LogP contribution in [0.2, 0.25) is 5.02 Å². The number of rotatable bonds is 4. The van der Waals surface area contributed by atoms with Crippen molar-refractivity contribution < 1.29 is 16.8 Å². The SMILES string of the molecule is Nc1ccc(S(=O)(=O)NS(=O)(=O)c2ccc(Cl)cc2)cc1. The molecule has 9 heteroatoms. The van der Waals surface area contributed by atoms with Crippen molar-refractivity contribution in [3.05, 3.63) is 53.6 Å². The number of benzene rings is 2. The van der Waals surface area contributed by atoms with Crippen molar-refractivity contribution in [1.29, 1.82) is 0 Å². The molecule has 2 aromatic rings. The van der Waals surface area contributed by atoms with Gasteiger partial charge in [-0.3, -0.25) is 0 Å². The Bertz CT molecular complexity index is 772. The zero-order valence-corrected chi connectivity index (χ0v) is 12.9. The molecule has 0 bridgehead atoms. The van der Waals surface area contributed by atoms with E-state index >= 15 is 0 Å². The lowest BCUT2D eigenvalue weighted by atomic mass is 10.3. The number of hydrogen-bond acceptors (Lipinski definition) is 5. The maximum atomic E-state index is 12.0. The summed E-state index contributed by atoms with van der Waals surface area (Å²) in [7, 11) is -8.44. The molecule has 112 valence electrons. The summed E-state index contributed by atoms with van der Waals surface area (Å²) < 4.78 is 49.8. The molecule has 0 aliphatic rings. The van der Waals surface area contributed by atoms with Crippen molar-refractivity contribution >= 4 is 37.3 Å². The van der Waals surface area contributed by atoms with Gasteiger partial charge in [0.15, 0.2) is 0 Å². The molecule has 21 heavy (non-hydrogen) atoms. The van der Waals surface area contributed by atoms with Crippen molar-refractivity contribution in [3.63, 3.8) is 0 Å². The van der Waals surface area contributed by atoms with Gasteiger partial charge in [-0.05, 0) is 48.5 Å². The van der Waals surface area contributed by atoms with E-state index in [9.17, 15) is 16.8 Å². The first-order chi connectivity index (χ1) is 9.71. The molecule has 0 unspecified atom stereocenters. The second kappa shape index (κ2) is 5.64. The van der Waals surface area contributed by atoms with Gasteiger partial charge in [-0.25, -0.2) is 16.8 Å². The maximum absolute atomic E-state index is 12.0. The van der Waals surface area contributed by atoms with Gasteiger partial charge < -0.3 is 5.73 Å². The molecule has 0 saturated heterocycles. The summed E-state index contributed by atoms with van der Waals surface area (Å²) in [5.74, 6) is 0. The molecule has 0 spiro atoms. The first-order valence-corrected chi connectivity index (χ1v) is 8.95. The summed E-state index contributed by atoms with van der Waals surface area (Å²) >= 11 is 5.66. The van der Waals surface area contributed by atoms with Crippen LogP contribution in [0.3, 0.4) is 0 Å². The largest absolute Gasteiger partial charge is 0.399 e. The number of hydrogen-bond donors (Lipinski definition) is 2. The summed E-state index contributed by atoms with van der Waals surface area (Å²) in [5, 5.41) is 0.343. The molecule has 0 saturated carbocycles. The van der Waals surface area contributed by atoms with Gasteiger partial charge >= 0.3 is 0 Å². The highest BCUT2D eigenvalue weighted by Gasteiger charge is 2.24. The molecule has 0 atom stereocenters. The molecular weight excluding hydrogens is 336 g/mol. The smallest absolute Gasteiger partial charge is 0.253 e. The number of nitrogens with two attached hydrogens (primary N) is 1. The van der Waals surface area contributed by atoms with Crippen molar-refractivity contribution in [2.75, 3.05) is 5.73 Å². The molecule has 0 aliphatic heterocycles. The van der Waals surface area contributed by atoms with E-state index in [1.165, 1.54) is 48.5 Å². The Hall–Kier alpha value is -1.61. The average Bonchev–Trinajstić information content (AvgIpc) is 2.38. The molecule has 0 aromatic heterocycles. The minimum atomic E-state index is -4.22. The average molecular weight is 347 g/mol. The summed E-state index contributed by atoms with van der Waals surface area (Å²) in [6.07, 6.45) is 0. The first kappa shape index (κ1) is 15.8. The number of anilines is 1. The van der Waals surface area contributed by atoms with E-state index in [0.29, 0.717) is 10.7 Å². The quantitative estimate of drug-likeness (QED) is 0.817. The number of halogens is 1. The summed E-state index contributed by atoms with van der Waals surface area (Å²) in [6.45, 7) is 0. The summed E-state index contributed by atoms with van der Waals surface area (Å²) in [6, 6.07) is 10.3. The van der Waals surface area contributed by atoms with Gasteiger partial charge in [-0.15, -0.1) is 4.13 Å². The molecular formula is C12H11ClN2O4S2. The summed E-state index contributed by atoms with van der Waals surface area (Å²) in [5.41, 5.74) is 5.83. The lowest BCUT2D eigenvalue weighted by molar-refractivity contribution is 0.577. The summed E-state index contributed by atoms with van der Waals surface area (Å²) in [4.78, 5) is -0.403. The van der Waals surface area contributed by atoms with Crippen LogP contribution in [-0.4, -0.2) is 16.8 Å². The van der Waals surface area contributed by atoms with E-state index < -0.39 is 20.0 Å². The third kappa shape index (κ3) is 3.73. The normalized spacial score (nSPS) is 12.2. The van der Waals surface area contributed by atoms with Gasteiger partial charge in [-0.1, -0.05) is 11.6 Å². The van der Waals surface area contributed by atoms with Crippen LogP contribution in [-0.2, 0) is 20.0 Å². The van der Waals surface area contributed by atoms with Crippen LogP contribution in [0, 0.1) is 0 Å². The predicted octanol–water partition coefficient (Wildman–Crippen LogP) is 1.59. The fourth-order valence-corrected chi connectivity index (χ4v) is 4.54. The van der Waals surface area contributed by atoms with Crippen LogP contribution in [0.15, 0.2) is 58.3 Å². The Morgan fingerprint density at radius 2 is 1.14 bits per heavy atom. The van der Waals surface area contributed by atoms with Gasteiger partial charge in [0.2, 0.25) is 0 Å². The maximum Gasteiger partial charge on any atom is 0.253 e. The molecule has 3 N–H and O–H groups in total. The lowest BCUT2D eigenvalue weighted by Gasteiger charge is -2.08. The highest BCUT2D eigenvalue weighted by atomic mass is 35.5. The van der Waals surface area contributed by atoms with E-state index in [-0.39, 0.29) is 9.79 Å². The van der Waals surface area contributed by atoms with Crippen LogP contribution in [0.25, 0.3) is 0 Å². The monoisotopic (exact) mass is 346 g/mol. The second-order valence-corrected chi connectivity index (χ2v) is 8.17. The Balaban J connectivity index is 2.35. The van der Waals surface area contributed by atoms with Crippen LogP contribution in [0.1, 0.15) is 0 Å². The van der Waals surface area contributed by atoms with E-state index in [1.54, 1.807) is 4.13 Å². The zero-order valence-electron chi connectivity index (χ0n) is 10.5. The second-order valence-electron chi connectivity index (χ2n) is 4.11. The van der Waals surface area contributed by atoms with Crippen LogP contribution in [0.5, 0.6) is 0 Å². The third-order valence-corrected chi connectivity index (χ3v) is 6.33. The lowest BCUT2D eigenvalue weighted by Crippen LogP contribution is -2.30. The molecule has 0 heterocycles. The standard InChI is InChI=1S/C12H11ClN2O4S2/c13-9-1-5-11(6-2-9)20(16,17)15-21(18,19)12-7-3-10(14)4-8-12/h1-8,15H,14H2. The molecule has 0 fully saturated rings. The topological polar surface area (TPSA) is 106 Å². The van der Waals surface area contributed by atoms with Crippen molar-refractivity contribution in [2.24, 2.45) is 0 Å². The molecule has 2 aromatic carbocycles. The molecule has 2 rings (SSSR count). The number of nitrogens with one attached hydrogen (secondary N) is 1. The Morgan fingerprint density at radius 3 is 1.57 bits per heavy atom. The number of sulfonamides is 2.